The highest BCUT2D eigenvalue weighted by Gasteiger charge is 2.34. The highest BCUT2D eigenvalue weighted by atomic mass is 32.2. The zero-order valence-corrected chi connectivity index (χ0v) is 18.1. The predicted octanol–water partition coefficient (Wildman–Crippen LogP) is 2.32. The smallest absolute Gasteiger partial charge is 0.441 e. The summed E-state index contributed by atoms with van der Waals surface area (Å²) in [5.74, 6) is -2.96. The van der Waals surface area contributed by atoms with E-state index in [1.165, 1.54) is 51.1 Å². The fourth-order valence-corrected chi connectivity index (χ4v) is 3.04. The second kappa shape index (κ2) is 11.4. The number of hydrogen-bond acceptors (Lipinski definition) is 7. The van der Waals surface area contributed by atoms with Gasteiger partial charge in [0.15, 0.2) is 0 Å². The van der Waals surface area contributed by atoms with Gasteiger partial charge in [0, 0.05) is 18.3 Å². The van der Waals surface area contributed by atoms with Crippen LogP contribution in [0.15, 0.2) is 29.7 Å². The zero-order chi connectivity index (χ0) is 23.7. The molecule has 0 N–H and O–H groups in total. The third kappa shape index (κ3) is 8.71. The molecule has 0 fully saturated rings. The van der Waals surface area contributed by atoms with Crippen LogP contribution in [0, 0.1) is 11.2 Å². The minimum Gasteiger partial charge on any atom is -0.457 e. The van der Waals surface area contributed by atoms with Crippen LogP contribution in [-0.4, -0.2) is 49.7 Å². The second-order valence-electron chi connectivity index (χ2n) is 7.01. The first-order valence-corrected chi connectivity index (χ1v) is 10.7. The van der Waals surface area contributed by atoms with Crippen molar-refractivity contribution in [2.45, 2.75) is 33.6 Å². The molecule has 1 aromatic carbocycles. The van der Waals surface area contributed by atoms with Gasteiger partial charge in [0.05, 0.1) is 18.6 Å². The molecule has 0 saturated carbocycles. The maximum Gasteiger partial charge on any atom is 0.441 e. The highest BCUT2D eigenvalue weighted by molar-refractivity contribution is 7.89. The van der Waals surface area contributed by atoms with Gasteiger partial charge in [-0.1, -0.05) is 26.0 Å². The molecule has 0 spiro atoms. The molecule has 0 unspecified atom stereocenters. The van der Waals surface area contributed by atoms with E-state index in [-0.39, 0.29) is 13.0 Å². The molecule has 0 atom stereocenters. The van der Waals surface area contributed by atoms with Gasteiger partial charge >= 0.3 is 11.7 Å². The monoisotopic (exact) mass is 454 g/mol. The summed E-state index contributed by atoms with van der Waals surface area (Å²) in [5, 5.41) is 0.785. The molecule has 0 aliphatic rings. The summed E-state index contributed by atoms with van der Waals surface area (Å²) in [6.45, 7) is 3.86. The average Bonchev–Trinajstić information content (AvgIpc) is 2.71. The Balaban J connectivity index is 2.66. The molecular formula is C20H23FN2O7S. The number of halogens is 1. The summed E-state index contributed by atoms with van der Waals surface area (Å²) < 4.78 is 46.4. The molecule has 0 heterocycles. The Morgan fingerprint density at radius 2 is 1.77 bits per heavy atom. The van der Waals surface area contributed by atoms with E-state index in [2.05, 4.69) is 9.53 Å². The summed E-state index contributed by atoms with van der Waals surface area (Å²) in [6, 6.07) is 5.11. The van der Waals surface area contributed by atoms with E-state index in [9.17, 15) is 27.2 Å². The molecule has 0 amide bonds. The van der Waals surface area contributed by atoms with E-state index < -0.39 is 57.6 Å². The molecule has 0 aliphatic carbocycles. The number of nitrogens with zero attached hydrogens (tertiary/aromatic N) is 2. The first kappa shape index (κ1) is 26.0. The predicted molar refractivity (Wildman–Crippen MR) is 109 cm³/mol. The van der Waals surface area contributed by atoms with E-state index in [0.29, 0.717) is 5.56 Å². The molecule has 1 rings (SSSR count). The maximum atomic E-state index is 12.9. The van der Waals surface area contributed by atoms with Gasteiger partial charge in [-0.2, -0.15) is 13.2 Å². The van der Waals surface area contributed by atoms with Crippen LogP contribution in [0.3, 0.4) is 0 Å². The standard InChI is InChI=1S/C20H23FN2O7S/c1-4-29-19(26)18(23-22)16(24)9-10-17(25)20(2,3)13-30-31(27,28)12-11-14-5-7-15(21)8-6-14/h5-8,11-12H,4,9-10,13H2,1-3H3/b12-11+. The Morgan fingerprint density at radius 1 is 1.16 bits per heavy atom. The fraction of sp³-hybridized carbons (Fsp3) is 0.400. The maximum absolute atomic E-state index is 12.9. The molecule has 11 heteroatoms. The lowest BCUT2D eigenvalue weighted by molar-refractivity contribution is -0.142. The van der Waals surface area contributed by atoms with Gasteiger partial charge in [0.1, 0.15) is 11.6 Å². The van der Waals surface area contributed by atoms with Gasteiger partial charge in [-0.3, -0.25) is 13.8 Å². The van der Waals surface area contributed by atoms with Crippen LogP contribution in [0.1, 0.15) is 39.2 Å². The number of Topliss-reactive ketones (excluding diaryl/α,β-unsaturated/α-hetero) is 2. The highest BCUT2D eigenvalue weighted by Crippen LogP contribution is 2.22. The summed E-state index contributed by atoms with van der Waals surface area (Å²) in [4.78, 5) is 38.5. The van der Waals surface area contributed by atoms with Crippen LogP contribution >= 0.6 is 0 Å². The van der Waals surface area contributed by atoms with Crippen molar-refractivity contribution in [3.05, 3.63) is 46.6 Å². The largest absolute Gasteiger partial charge is 0.457 e. The Hall–Kier alpha value is -3.01. The Bertz CT molecular complexity index is 1010. The Kier molecular flexibility index (Phi) is 9.57. The van der Waals surface area contributed by atoms with Gasteiger partial charge in [0.25, 0.3) is 15.9 Å². The number of hydrogen-bond donors (Lipinski definition) is 0. The van der Waals surface area contributed by atoms with Crippen molar-refractivity contribution in [2.24, 2.45) is 5.41 Å². The number of carbonyl (C=O) groups is 3. The number of ketones is 2. The molecule has 31 heavy (non-hydrogen) atoms. The summed E-state index contributed by atoms with van der Waals surface area (Å²) >= 11 is 0. The normalized spacial score (nSPS) is 11.7. The topological polar surface area (TPSA) is 140 Å². The van der Waals surface area contributed by atoms with Crippen LogP contribution in [0.2, 0.25) is 0 Å². The van der Waals surface area contributed by atoms with Gasteiger partial charge < -0.3 is 10.3 Å². The molecule has 168 valence electrons. The number of carbonyl (C=O) groups excluding carboxylic acids is 3. The third-order valence-corrected chi connectivity index (χ3v) is 4.96. The van der Waals surface area contributed by atoms with E-state index >= 15 is 0 Å². The third-order valence-electron chi connectivity index (χ3n) is 4.05. The van der Waals surface area contributed by atoms with Crippen molar-refractivity contribution < 1.29 is 40.9 Å². The average molecular weight is 454 g/mol. The summed E-state index contributed by atoms with van der Waals surface area (Å²) in [7, 11) is -4.13. The lowest BCUT2D eigenvalue weighted by atomic mass is 9.86. The van der Waals surface area contributed by atoms with E-state index in [0.717, 1.165) is 5.41 Å². The quantitative estimate of drug-likeness (QED) is 0.118. The molecule has 1 aromatic rings. The van der Waals surface area contributed by atoms with Crippen LogP contribution in [0.25, 0.3) is 11.6 Å². The molecule has 9 nitrogen and oxygen atoms in total. The number of esters is 1. The molecule has 0 aliphatic heterocycles. The lowest BCUT2D eigenvalue weighted by Gasteiger charge is -2.21. The van der Waals surface area contributed by atoms with Gasteiger partial charge in [-0.25, -0.2) is 9.18 Å². The van der Waals surface area contributed by atoms with E-state index in [1.807, 2.05) is 0 Å². The Labute approximate surface area is 179 Å². The molecule has 0 aromatic heterocycles. The van der Waals surface area contributed by atoms with Crippen molar-refractivity contribution in [3.8, 4) is 0 Å². The summed E-state index contributed by atoms with van der Waals surface area (Å²) in [6.07, 6.45) is 0.449. The van der Waals surface area contributed by atoms with Crippen molar-refractivity contribution in [1.29, 1.82) is 0 Å². The van der Waals surface area contributed by atoms with Crippen LogP contribution < -0.4 is 0 Å². The molecule has 0 bridgehead atoms. The summed E-state index contributed by atoms with van der Waals surface area (Å²) in [5.41, 5.74) is 7.16. The van der Waals surface area contributed by atoms with Crippen LogP contribution in [0.4, 0.5) is 4.39 Å². The molecule has 0 radical (unpaired) electrons. The van der Waals surface area contributed by atoms with E-state index in [1.54, 1.807) is 0 Å². The lowest BCUT2D eigenvalue weighted by Crippen LogP contribution is -2.32. The SMILES string of the molecule is CCOC(=O)C(=[N+]=[N-])C(=O)CCC(=O)C(C)(C)COS(=O)(=O)/C=C/c1ccc(F)cc1. The van der Waals surface area contributed by atoms with Gasteiger partial charge in [0.2, 0.25) is 0 Å². The van der Waals surface area contributed by atoms with Crippen LogP contribution in [0.5, 0.6) is 0 Å². The molecule has 0 saturated heterocycles. The minimum absolute atomic E-state index is 0.0293. The van der Waals surface area contributed by atoms with Crippen molar-refractivity contribution in [2.75, 3.05) is 13.2 Å². The fourth-order valence-electron chi connectivity index (χ4n) is 2.18. The van der Waals surface area contributed by atoms with Crippen molar-refractivity contribution in [3.63, 3.8) is 0 Å². The molecular weight excluding hydrogens is 431 g/mol. The first-order valence-electron chi connectivity index (χ1n) is 9.20. The van der Waals surface area contributed by atoms with Gasteiger partial charge in [-0.05, 0) is 30.7 Å². The van der Waals surface area contributed by atoms with Gasteiger partial charge in [-0.15, -0.1) is 0 Å². The van der Waals surface area contributed by atoms with E-state index in [4.69, 9.17) is 9.71 Å². The zero-order valence-electron chi connectivity index (χ0n) is 17.3. The number of benzene rings is 1. The van der Waals surface area contributed by atoms with Crippen molar-refractivity contribution >= 4 is 39.4 Å². The minimum atomic E-state index is -4.13. The van der Waals surface area contributed by atoms with Crippen molar-refractivity contribution in [1.82, 2.24) is 0 Å². The Morgan fingerprint density at radius 3 is 2.32 bits per heavy atom. The van der Waals surface area contributed by atoms with Crippen LogP contribution in [-0.2, 0) is 33.4 Å². The number of rotatable bonds is 12. The number of ether oxygens (including phenoxy) is 1. The first-order chi connectivity index (χ1) is 14.4. The second-order valence-corrected chi connectivity index (χ2v) is 8.50.